The van der Waals surface area contributed by atoms with Gasteiger partial charge in [-0.1, -0.05) is 37.5 Å². The van der Waals surface area contributed by atoms with Gasteiger partial charge in [-0.3, -0.25) is 9.59 Å². The number of amides is 2. The first-order chi connectivity index (χ1) is 17.0. The largest absolute Gasteiger partial charge is 0.497 e. The highest BCUT2D eigenvalue weighted by atomic mass is 16.5. The molecule has 0 radical (unpaired) electrons. The molecule has 0 bridgehead atoms. The second-order valence-electron chi connectivity index (χ2n) is 8.35. The van der Waals surface area contributed by atoms with Crippen LogP contribution in [0.3, 0.4) is 0 Å². The number of nitrogens with one attached hydrogen (secondary N) is 2. The van der Waals surface area contributed by atoms with Gasteiger partial charge in [-0.25, -0.2) is 4.79 Å². The lowest BCUT2D eigenvalue weighted by Gasteiger charge is -2.25. The number of esters is 1. The lowest BCUT2D eigenvalue weighted by molar-refractivity contribution is -0.128. The van der Waals surface area contributed by atoms with Crippen LogP contribution in [0.5, 0.6) is 11.5 Å². The second-order valence-corrected chi connectivity index (χ2v) is 8.35. The molecule has 8 nitrogen and oxygen atoms in total. The third kappa shape index (κ3) is 8.17. The molecule has 1 fully saturated rings. The highest BCUT2D eigenvalue weighted by molar-refractivity contribution is 5.96. The molecule has 2 aromatic rings. The lowest BCUT2D eigenvalue weighted by Crippen LogP contribution is -2.52. The van der Waals surface area contributed by atoms with Crippen molar-refractivity contribution >= 4 is 23.9 Å². The number of ether oxygens (including phenoxy) is 3. The molecule has 0 heterocycles. The van der Waals surface area contributed by atoms with Crippen LogP contribution >= 0.6 is 0 Å². The van der Waals surface area contributed by atoms with E-state index in [9.17, 15) is 14.4 Å². The molecule has 35 heavy (non-hydrogen) atoms. The van der Waals surface area contributed by atoms with Gasteiger partial charge in [0.15, 0.2) is 0 Å². The monoisotopic (exact) mass is 480 g/mol. The van der Waals surface area contributed by atoms with E-state index in [1.54, 1.807) is 68.8 Å². The second kappa shape index (κ2) is 13.2. The summed E-state index contributed by atoms with van der Waals surface area (Å²) < 4.78 is 15.8. The zero-order valence-electron chi connectivity index (χ0n) is 20.1. The van der Waals surface area contributed by atoms with E-state index in [-0.39, 0.29) is 18.6 Å². The van der Waals surface area contributed by atoms with E-state index < -0.39 is 17.9 Å². The number of carbonyl (C=O) groups is 3. The van der Waals surface area contributed by atoms with Gasteiger partial charge in [0, 0.05) is 18.2 Å². The maximum absolute atomic E-state index is 13.0. The van der Waals surface area contributed by atoms with Crippen molar-refractivity contribution in [1.82, 2.24) is 10.6 Å². The summed E-state index contributed by atoms with van der Waals surface area (Å²) >= 11 is 0. The summed E-state index contributed by atoms with van der Waals surface area (Å²) in [5.74, 6) is -0.257. The zero-order chi connectivity index (χ0) is 25.0. The standard InChI is InChI=1S/C27H32N2O6/c1-33-22-15-19(16-23(17-22)34-2)13-14-25(30)29-24(26(31)28-21-11-7-4-8-12-21)18-35-27(32)20-9-5-3-6-10-20/h3,5-6,9-10,13-17,21,24H,4,7-8,11-12,18H2,1-2H3,(H,28,31)(H,29,30)/b14-13+/t24-/m0/s1. The van der Waals surface area contributed by atoms with Crippen molar-refractivity contribution in [2.45, 2.75) is 44.2 Å². The average Bonchev–Trinajstić information content (AvgIpc) is 2.90. The van der Waals surface area contributed by atoms with Crippen molar-refractivity contribution < 1.29 is 28.6 Å². The van der Waals surface area contributed by atoms with Crippen LogP contribution in [0.1, 0.15) is 48.0 Å². The maximum Gasteiger partial charge on any atom is 0.338 e. The van der Waals surface area contributed by atoms with Crippen LogP contribution < -0.4 is 20.1 Å². The first-order valence-electron chi connectivity index (χ1n) is 11.7. The molecule has 1 aliphatic rings. The molecule has 0 saturated heterocycles. The van der Waals surface area contributed by atoms with Crippen LogP contribution in [0.2, 0.25) is 0 Å². The van der Waals surface area contributed by atoms with Gasteiger partial charge in [-0.2, -0.15) is 0 Å². The van der Waals surface area contributed by atoms with Gasteiger partial charge < -0.3 is 24.8 Å². The summed E-state index contributed by atoms with van der Waals surface area (Å²) in [5, 5.41) is 5.65. The van der Waals surface area contributed by atoms with Crippen LogP contribution in [0, 0.1) is 0 Å². The summed E-state index contributed by atoms with van der Waals surface area (Å²) in [5.41, 5.74) is 1.06. The van der Waals surface area contributed by atoms with E-state index in [0.717, 1.165) is 32.1 Å². The van der Waals surface area contributed by atoms with E-state index in [0.29, 0.717) is 22.6 Å². The third-order valence-corrected chi connectivity index (χ3v) is 5.78. The number of rotatable bonds is 10. The molecule has 1 saturated carbocycles. The molecule has 8 heteroatoms. The number of hydrogen-bond acceptors (Lipinski definition) is 6. The predicted molar refractivity (Wildman–Crippen MR) is 132 cm³/mol. The summed E-state index contributed by atoms with van der Waals surface area (Å²) in [6.07, 6.45) is 7.96. The van der Waals surface area contributed by atoms with E-state index in [1.165, 1.54) is 6.08 Å². The van der Waals surface area contributed by atoms with Crippen molar-refractivity contribution in [3.05, 3.63) is 65.7 Å². The van der Waals surface area contributed by atoms with Crippen LogP contribution in [0.4, 0.5) is 0 Å². The normalized spacial score (nSPS) is 14.7. The molecule has 3 rings (SSSR count). The van der Waals surface area contributed by atoms with Gasteiger partial charge >= 0.3 is 5.97 Å². The smallest absolute Gasteiger partial charge is 0.338 e. The number of benzene rings is 2. The van der Waals surface area contributed by atoms with Gasteiger partial charge in [0.2, 0.25) is 11.8 Å². The van der Waals surface area contributed by atoms with Gasteiger partial charge in [0.05, 0.1) is 19.8 Å². The third-order valence-electron chi connectivity index (χ3n) is 5.78. The summed E-state index contributed by atoms with van der Waals surface area (Å²) in [6.45, 7) is -0.279. The number of carbonyl (C=O) groups excluding carboxylic acids is 3. The molecule has 2 N–H and O–H groups in total. The summed E-state index contributed by atoms with van der Waals surface area (Å²) in [7, 11) is 3.09. The first-order valence-corrected chi connectivity index (χ1v) is 11.7. The molecule has 1 aliphatic carbocycles. The highest BCUT2D eigenvalue weighted by Gasteiger charge is 2.25. The molecule has 0 aliphatic heterocycles. The topological polar surface area (TPSA) is 103 Å². The van der Waals surface area contributed by atoms with E-state index in [1.807, 2.05) is 0 Å². The van der Waals surface area contributed by atoms with E-state index >= 15 is 0 Å². The fourth-order valence-electron chi connectivity index (χ4n) is 3.87. The number of methoxy groups -OCH3 is 2. The Morgan fingerprint density at radius 3 is 2.26 bits per heavy atom. The first kappa shape index (κ1) is 25.8. The summed E-state index contributed by atoms with van der Waals surface area (Å²) in [6, 6.07) is 12.8. The molecule has 2 aromatic carbocycles. The molecule has 0 unspecified atom stereocenters. The van der Waals surface area contributed by atoms with Gasteiger partial charge in [0.25, 0.3) is 0 Å². The fourth-order valence-corrected chi connectivity index (χ4v) is 3.87. The Balaban J connectivity index is 1.67. The Kier molecular flexibility index (Phi) is 9.71. The predicted octanol–water partition coefficient (Wildman–Crippen LogP) is 3.51. The van der Waals surface area contributed by atoms with Crippen LogP contribution in [0.25, 0.3) is 6.08 Å². The van der Waals surface area contributed by atoms with E-state index in [2.05, 4.69) is 10.6 Å². The lowest BCUT2D eigenvalue weighted by atomic mass is 9.95. The van der Waals surface area contributed by atoms with Crippen molar-refractivity contribution in [2.75, 3.05) is 20.8 Å². The van der Waals surface area contributed by atoms with Crippen LogP contribution in [-0.4, -0.2) is 50.7 Å². The SMILES string of the molecule is COc1cc(/C=C/C(=O)N[C@@H](COC(=O)c2ccccc2)C(=O)NC2CCCCC2)cc(OC)c1. The van der Waals surface area contributed by atoms with Gasteiger partial charge in [-0.15, -0.1) is 0 Å². The Hall–Kier alpha value is -3.81. The Morgan fingerprint density at radius 2 is 1.63 bits per heavy atom. The van der Waals surface area contributed by atoms with Crippen LogP contribution in [-0.2, 0) is 14.3 Å². The minimum atomic E-state index is -1.03. The van der Waals surface area contributed by atoms with Crippen molar-refractivity contribution in [3.8, 4) is 11.5 Å². The van der Waals surface area contributed by atoms with Crippen molar-refractivity contribution in [2.24, 2.45) is 0 Å². The molecule has 0 spiro atoms. The number of hydrogen-bond donors (Lipinski definition) is 2. The van der Waals surface area contributed by atoms with Crippen molar-refractivity contribution in [1.29, 1.82) is 0 Å². The minimum absolute atomic E-state index is 0.0558. The zero-order valence-corrected chi connectivity index (χ0v) is 20.1. The molecule has 2 amide bonds. The van der Waals surface area contributed by atoms with Crippen LogP contribution in [0.15, 0.2) is 54.6 Å². The molecule has 0 aromatic heterocycles. The Bertz CT molecular complexity index is 1010. The molecule has 186 valence electrons. The Labute approximate surface area is 205 Å². The molecule has 1 atom stereocenters. The quantitative estimate of drug-likeness (QED) is 0.399. The van der Waals surface area contributed by atoms with Crippen molar-refractivity contribution in [3.63, 3.8) is 0 Å². The Morgan fingerprint density at radius 1 is 0.971 bits per heavy atom. The highest BCUT2D eigenvalue weighted by Crippen LogP contribution is 2.23. The minimum Gasteiger partial charge on any atom is -0.497 e. The average molecular weight is 481 g/mol. The molecular weight excluding hydrogens is 448 g/mol. The van der Waals surface area contributed by atoms with E-state index in [4.69, 9.17) is 14.2 Å². The summed E-state index contributed by atoms with van der Waals surface area (Å²) in [4.78, 5) is 38.0. The van der Waals surface area contributed by atoms with Gasteiger partial charge in [-0.05, 0) is 48.7 Å². The molecular formula is C27H32N2O6. The maximum atomic E-state index is 13.0. The fraction of sp³-hybridized carbons (Fsp3) is 0.370. The van der Waals surface area contributed by atoms with Gasteiger partial charge in [0.1, 0.15) is 24.1 Å².